The van der Waals surface area contributed by atoms with Crippen LogP contribution in [0.25, 0.3) is 0 Å². The number of nitrogens with one attached hydrogen (secondary N) is 2. The van der Waals surface area contributed by atoms with Crippen molar-refractivity contribution < 1.29 is 13.2 Å². The molecule has 4 N–H and O–H groups in total. The van der Waals surface area contributed by atoms with Crippen molar-refractivity contribution in [3.63, 3.8) is 0 Å². The third-order valence-corrected chi connectivity index (χ3v) is 4.90. The fraction of sp³-hybridized carbons (Fsp3) is 0.533. The second-order valence-electron chi connectivity index (χ2n) is 5.81. The third kappa shape index (κ3) is 6.37. The molecule has 1 aromatic carbocycles. The molecule has 0 unspecified atom stereocenters. The molecule has 1 heterocycles. The standard InChI is InChI=1S/C15H24N4O3S.ClH/c1-12-10-17-8-9-19(12)11-15(20)18-7-6-13-2-4-14(5-3-13)23(16,21)22;/h2-5,12,17H,6-11H2,1H3,(H,18,20)(H2,16,21,22);1H/t12-;/m0./s1. The Morgan fingerprint density at radius 3 is 2.62 bits per heavy atom. The van der Waals surface area contributed by atoms with Crippen LogP contribution in [0.15, 0.2) is 29.2 Å². The molecule has 1 amide bonds. The van der Waals surface area contributed by atoms with Gasteiger partial charge in [0.15, 0.2) is 0 Å². The number of primary sulfonamides is 1. The number of halogens is 1. The van der Waals surface area contributed by atoms with Crippen LogP contribution in [0, 0.1) is 0 Å². The van der Waals surface area contributed by atoms with Crippen molar-refractivity contribution in [1.29, 1.82) is 0 Å². The lowest BCUT2D eigenvalue weighted by Crippen LogP contribution is -2.52. The Labute approximate surface area is 149 Å². The van der Waals surface area contributed by atoms with Crippen LogP contribution >= 0.6 is 12.4 Å². The number of nitrogens with two attached hydrogens (primary N) is 1. The predicted molar refractivity (Wildman–Crippen MR) is 95.7 cm³/mol. The lowest BCUT2D eigenvalue weighted by Gasteiger charge is -2.33. The molecule has 7 nitrogen and oxygen atoms in total. The van der Waals surface area contributed by atoms with E-state index in [-0.39, 0.29) is 23.2 Å². The summed E-state index contributed by atoms with van der Waals surface area (Å²) in [7, 11) is -3.66. The molecule has 0 radical (unpaired) electrons. The van der Waals surface area contributed by atoms with Crippen LogP contribution < -0.4 is 15.8 Å². The van der Waals surface area contributed by atoms with Gasteiger partial charge < -0.3 is 10.6 Å². The van der Waals surface area contributed by atoms with Gasteiger partial charge in [0.05, 0.1) is 11.4 Å². The zero-order valence-corrected chi connectivity index (χ0v) is 15.3. The van der Waals surface area contributed by atoms with Gasteiger partial charge in [-0.2, -0.15) is 0 Å². The van der Waals surface area contributed by atoms with Crippen LogP contribution in [0.1, 0.15) is 12.5 Å². The topological polar surface area (TPSA) is 105 Å². The summed E-state index contributed by atoms with van der Waals surface area (Å²) in [5.41, 5.74) is 0.952. The van der Waals surface area contributed by atoms with Crippen molar-refractivity contribution in [2.75, 3.05) is 32.7 Å². The number of sulfonamides is 1. The first kappa shape index (κ1) is 20.9. The maximum Gasteiger partial charge on any atom is 0.238 e. The fourth-order valence-corrected chi connectivity index (χ4v) is 3.07. The molecule has 1 aliphatic rings. The average molecular weight is 377 g/mol. The first-order chi connectivity index (χ1) is 10.9. The number of hydrogen-bond donors (Lipinski definition) is 3. The molecule has 1 fully saturated rings. The summed E-state index contributed by atoms with van der Waals surface area (Å²) in [4.78, 5) is 14.2. The number of benzene rings is 1. The number of hydrogen-bond acceptors (Lipinski definition) is 5. The monoisotopic (exact) mass is 376 g/mol. The van der Waals surface area contributed by atoms with E-state index in [1.54, 1.807) is 12.1 Å². The minimum atomic E-state index is -3.66. The van der Waals surface area contributed by atoms with Gasteiger partial charge in [0.2, 0.25) is 15.9 Å². The highest BCUT2D eigenvalue weighted by Gasteiger charge is 2.19. The Balaban J connectivity index is 0.00000288. The van der Waals surface area contributed by atoms with Crippen molar-refractivity contribution in [1.82, 2.24) is 15.5 Å². The van der Waals surface area contributed by atoms with E-state index >= 15 is 0 Å². The lowest BCUT2D eigenvalue weighted by molar-refractivity contribution is -0.122. The average Bonchev–Trinajstić information content (AvgIpc) is 2.49. The van der Waals surface area contributed by atoms with Crippen LogP contribution in [0.4, 0.5) is 0 Å². The molecule has 0 bridgehead atoms. The van der Waals surface area contributed by atoms with Gasteiger partial charge in [-0.1, -0.05) is 12.1 Å². The van der Waals surface area contributed by atoms with Gasteiger partial charge >= 0.3 is 0 Å². The number of carbonyl (C=O) groups is 1. The van der Waals surface area contributed by atoms with Crippen molar-refractivity contribution in [2.24, 2.45) is 5.14 Å². The minimum Gasteiger partial charge on any atom is -0.355 e. The van der Waals surface area contributed by atoms with Crippen molar-refractivity contribution in [2.45, 2.75) is 24.3 Å². The predicted octanol–water partition coefficient (Wildman–Crippen LogP) is -0.292. The Morgan fingerprint density at radius 1 is 1.38 bits per heavy atom. The molecule has 0 saturated carbocycles. The highest BCUT2D eigenvalue weighted by molar-refractivity contribution is 7.89. The Kier molecular flexibility index (Phi) is 8.11. The number of carbonyl (C=O) groups excluding carboxylic acids is 1. The van der Waals surface area contributed by atoms with Crippen LogP contribution in [0.3, 0.4) is 0 Å². The van der Waals surface area contributed by atoms with Crippen LogP contribution in [-0.4, -0.2) is 58.0 Å². The van der Waals surface area contributed by atoms with Crippen molar-refractivity contribution in [3.8, 4) is 0 Å². The van der Waals surface area contributed by atoms with Gasteiger partial charge in [-0.05, 0) is 31.0 Å². The molecule has 9 heteroatoms. The third-order valence-electron chi connectivity index (χ3n) is 3.97. The second kappa shape index (κ2) is 9.33. The first-order valence-corrected chi connectivity index (χ1v) is 9.24. The van der Waals surface area contributed by atoms with Crippen LogP contribution in [-0.2, 0) is 21.2 Å². The maximum absolute atomic E-state index is 12.0. The normalized spacial score (nSPS) is 18.7. The van der Waals surface area contributed by atoms with Crippen LogP contribution in [0.2, 0.25) is 0 Å². The zero-order chi connectivity index (χ0) is 16.9. The number of rotatable bonds is 6. The van der Waals surface area contributed by atoms with Gasteiger partial charge in [0.25, 0.3) is 0 Å². The SMILES string of the molecule is C[C@H]1CNCCN1CC(=O)NCCc1ccc(S(N)(=O)=O)cc1.Cl. The van der Waals surface area contributed by atoms with E-state index in [2.05, 4.69) is 22.5 Å². The molecule has 1 aromatic rings. The first-order valence-electron chi connectivity index (χ1n) is 7.69. The molecule has 0 aliphatic carbocycles. The smallest absolute Gasteiger partial charge is 0.238 e. The maximum atomic E-state index is 12.0. The van der Waals surface area contributed by atoms with Crippen LogP contribution in [0.5, 0.6) is 0 Å². The fourth-order valence-electron chi connectivity index (χ4n) is 2.55. The van der Waals surface area contributed by atoms with Crippen molar-refractivity contribution in [3.05, 3.63) is 29.8 Å². The molecule has 1 aliphatic heterocycles. The van der Waals surface area contributed by atoms with E-state index in [1.165, 1.54) is 12.1 Å². The lowest BCUT2D eigenvalue weighted by atomic mass is 10.1. The summed E-state index contributed by atoms with van der Waals surface area (Å²) in [6.45, 7) is 5.73. The van der Waals surface area contributed by atoms with Gasteiger partial charge in [0.1, 0.15) is 0 Å². The molecule has 1 atom stereocenters. The molecule has 0 aromatic heterocycles. The van der Waals surface area contributed by atoms with Gasteiger partial charge in [-0.3, -0.25) is 9.69 Å². The summed E-state index contributed by atoms with van der Waals surface area (Å²) < 4.78 is 22.3. The molecule has 1 saturated heterocycles. The molecule has 2 rings (SSSR count). The molecule has 24 heavy (non-hydrogen) atoms. The van der Waals surface area contributed by atoms with E-state index in [0.29, 0.717) is 25.6 Å². The van der Waals surface area contributed by atoms with E-state index in [4.69, 9.17) is 5.14 Å². The summed E-state index contributed by atoms with van der Waals surface area (Å²) in [5, 5.41) is 11.2. The molecule has 0 spiro atoms. The quantitative estimate of drug-likeness (QED) is 0.632. The van der Waals surface area contributed by atoms with Gasteiger partial charge in [-0.15, -0.1) is 12.4 Å². The Bertz CT molecular complexity index is 637. The second-order valence-corrected chi connectivity index (χ2v) is 7.37. The largest absolute Gasteiger partial charge is 0.355 e. The summed E-state index contributed by atoms with van der Waals surface area (Å²) in [5.74, 6) is 0.0138. The molecular weight excluding hydrogens is 352 g/mol. The summed E-state index contributed by atoms with van der Waals surface area (Å²) in [6.07, 6.45) is 0.647. The zero-order valence-electron chi connectivity index (χ0n) is 13.7. The molecular formula is C15H25ClN4O3S. The van der Waals surface area contributed by atoms with E-state index < -0.39 is 10.0 Å². The molecule has 136 valence electrons. The number of nitrogens with zero attached hydrogens (tertiary/aromatic N) is 1. The van der Waals surface area contributed by atoms with E-state index in [1.807, 2.05) is 0 Å². The summed E-state index contributed by atoms with van der Waals surface area (Å²) in [6, 6.07) is 6.75. The van der Waals surface area contributed by atoms with E-state index in [9.17, 15) is 13.2 Å². The number of amides is 1. The highest BCUT2D eigenvalue weighted by Crippen LogP contribution is 2.09. The Hall–Kier alpha value is -1.19. The summed E-state index contributed by atoms with van der Waals surface area (Å²) >= 11 is 0. The van der Waals surface area contributed by atoms with Gasteiger partial charge in [0, 0.05) is 32.2 Å². The minimum absolute atomic E-state index is 0. The van der Waals surface area contributed by atoms with Gasteiger partial charge in [-0.25, -0.2) is 13.6 Å². The Morgan fingerprint density at radius 2 is 2.04 bits per heavy atom. The number of piperazine rings is 1. The van der Waals surface area contributed by atoms with Crippen molar-refractivity contribution >= 4 is 28.3 Å². The van der Waals surface area contributed by atoms with E-state index in [0.717, 1.165) is 25.2 Å². The highest BCUT2D eigenvalue weighted by atomic mass is 35.5.